The minimum Gasteiger partial charge on any atom is -0.748 e. The molecule has 0 bridgehead atoms. The van der Waals surface area contributed by atoms with Gasteiger partial charge in [0.15, 0.2) is 0 Å². The topological polar surface area (TPSA) is 86.3 Å². The van der Waals surface area contributed by atoms with Crippen LogP contribution in [0.25, 0.3) is 0 Å². The van der Waals surface area contributed by atoms with Crippen LogP contribution < -0.4 is 5.32 Å². The zero-order chi connectivity index (χ0) is 8.91. The van der Waals surface area contributed by atoms with Gasteiger partial charge in [0.05, 0.1) is 10.1 Å². The minimum absolute atomic E-state index is 0. The van der Waals surface area contributed by atoms with E-state index in [1.165, 1.54) is 6.92 Å². The quantitative estimate of drug-likeness (QED) is 0.493. The smallest absolute Gasteiger partial charge is 0.216 e. The standard InChI is InChI=1S/C5H11NO4S.CH4/c1-5(7)6-3-2-4-11(8,9)10;/h2-4H2,1H3,(H,6,7)(H,8,9,10);1H4/p-1. The van der Waals surface area contributed by atoms with Crippen LogP contribution in [0.5, 0.6) is 0 Å². The molecular formula is C6H14NO4S-. The number of nitrogens with one attached hydrogen (secondary N) is 1. The SMILES string of the molecule is C.CC(=O)NCCCS(=O)(=O)[O-]. The van der Waals surface area contributed by atoms with E-state index in [1.807, 2.05) is 0 Å². The molecule has 0 aliphatic heterocycles. The summed E-state index contributed by atoms with van der Waals surface area (Å²) in [4.78, 5) is 10.2. The van der Waals surface area contributed by atoms with Gasteiger partial charge in [-0.25, -0.2) is 8.42 Å². The summed E-state index contributed by atoms with van der Waals surface area (Å²) >= 11 is 0. The summed E-state index contributed by atoms with van der Waals surface area (Å²) < 4.78 is 30.0. The van der Waals surface area contributed by atoms with Gasteiger partial charge in [-0.3, -0.25) is 4.79 Å². The van der Waals surface area contributed by atoms with E-state index in [-0.39, 0.29) is 26.3 Å². The summed E-state index contributed by atoms with van der Waals surface area (Å²) in [6.45, 7) is 1.56. The summed E-state index contributed by atoms with van der Waals surface area (Å²) in [5, 5.41) is 2.38. The van der Waals surface area contributed by atoms with Crippen LogP contribution in [0.4, 0.5) is 0 Å². The Bertz CT molecular complexity index is 222. The molecule has 0 aromatic carbocycles. The van der Waals surface area contributed by atoms with Crippen LogP contribution >= 0.6 is 0 Å². The van der Waals surface area contributed by atoms with Gasteiger partial charge in [0.25, 0.3) is 0 Å². The van der Waals surface area contributed by atoms with Crippen molar-refractivity contribution < 1.29 is 17.8 Å². The highest BCUT2D eigenvalue weighted by molar-refractivity contribution is 7.85. The predicted octanol–water partition coefficient (Wildman–Crippen LogP) is -0.306. The van der Waals surface area contributed by atoms with Crippen molar-refractivity contribution in [2.75, 3.05) is 12.3 Å². The molecule has 0 saturated heterocycles. The Morgan fingerprint density at radius 3 is 2.33 bits per heavy atom. The van der Waals surface area contributed by atoms with Crippen molar-refractivity contribution in [3.8, 4) is 0 Å². The average molecular weight is 196 g/mol. The molecule has 74 valence electrons. The van der Waals surface area contributed by atoms with Crippen LogP contribution in [0.2, 0.25) is 0 Å². The van der Waals surface area contributed by atoms with Crippen molar-refractivity contribution in [1.82, 2.24) is 5.32 Å². The molecule has 0 saturated carbocycles. The largest absolute Gasteiger partial charge is 0.748 e. The molecular weight excluding hydrogens is 182 g/mol. The molecule has 1 N–H and O–H groups in total. The first-order valence-electron chi connectivity index (χ1n) is 3.10. The Morgan fingerprint density at radius 1 is 1.50 bits per heavy atom. The number of carbonyl (C=O) groups is 1. The number of rotatable bonds is 4. The fourth-order valence-corrected chi connectivity index (χ4v) is 1.01. The van der Waals surface area contributed by atoms with Crippen molar-refractivity contribution >= 4 is 16.0 Å². The molecule has 0 unspecified atom stereocenters. The first-order chi connectivity index (χ1) is 4.92. The van der Waals surface area contributed by atoms with Gasteiger partial charge in [-0.1, -0.05) is 7.43 Å². The lowest BCUT2D eigenvalue weighted by molar-refractivity contribution is -0.118. The molecule has 0 spiro atoms. The molecule has 0 radical (unpaired) electrons. The lowest BCUT2D eigenvalue weighted by Gasteiger charge is -2.05. The highest BCUT2D eigenvalue weighted by Gasteiger charge is 1.95. The maximum Gasteiger partial charge on any atom is 0.216 e. The van der Waals surface area contributed by atoms with Crippen molar-refractivity contribution in [1.29, 1.82) is 0 Å². The second-order valence-electron chi connectivity index (χ2n) is 2.10. The summed E-state index contributed by atoms with van der Waals surface area (Å²) in [6, 6.07) is 0. The molecule has 6 heteroatoms. The molecule has 0 aliphatic carbocycles. The highest BCUT2D eigenvalue weighted by Crippen LogP contribution is 1.85. The summed E-state index contributed by atoms with van der Waals surface area (Å²) in [7, 11) is -4.12. The van der Waals surface area contributed by atoms with Crippen molar-refractivity contribution in [3.63, 3.8) is 0 Å². The van der Waals surface area contributed by atoms with Gasteiger partial charge in [0.1, 0.15) is 0 Å². The molecule has 0 fully saturated rings. The van der Waals surface area contributed by atoms with E-state index in [2.05, 4.69) is 5.32 Å². The Morgan fingerprint density at radius 2 is 2.00 bits per heavy atom. The van der Waals surface area contributed by atoms with Crippen molar-refractivity contribution in [3.05, 3.63) is 0 Å². The van der Waals surface area contributed by atoms with Gasteiger partial charge in [-0.2, -0.15) is 0 Å². The normalized spacial score (nSPS) is 10.2. The summed E-state index contributed by atoms with van der Waals surface area (Å²) in [6.07, 6.45) is 0.172. The van der Waals surface area contributed by atoms with E-state index in [1.54, 1.807) is 0 Å². The Kier molecular flexibility index (Phi) is 6.92. The van der Waals surface area contributed by atoms with Crippen LogP contribution in [0, 0.1) is 0 Å². The van der Waals surface area contributed by atoms with Crippen molar-refractivity contribution in [2.24, 2.45) is 0 Å². The van der Waals surface area contributed by atoms with Gasteiger partial charge >= 0.3 is 0 Å². The Balaban J connectivity index is 0. The first kappa shape index (κ1) is 13.9. The summed E-state index contributed by atoms with van der Waals surface area (Å²) in [5.74, 6) is -0.652. The zero-order valence-electron chi connectivity index (χ0n) is 6.16. The van der Waals surface area contributed by atoms with Gasteiger partial charge in [0.2, 0.25) is 5.91 Å². The molecule has 1 amide bonds. The number of hydrogen-bond acceptors (Lipinski definition) is 4. The third-order valence-corrected chi connectivity index (χ3v) is 1.73. The maximum atomic E-state index is 10.2. The average Bonchev–Trinajstić information content (AvgIpc) is 1.78. The van der Waals surface area contributed by atoms with Gasteiger partial charge in [0, 0.05) is 19.2 Å². The third-order valence-electron chi connectivity index (χ3n) is 0.945. The minimum atomic E-state index is -4.12. The molecule has 0 heterocycles. The molecule has 0 rings (SSSR count). The van der Waals surface area contributed by atoms with Crippen LogP contribution in [-0.4, -0.2) is 31.2 Å². The Labute approximate surface area is 72.9 Å². The predicted molar refractivity (Wildman–Crippen MR) is 44.6 cm³/mol. The van der Waals surface area contributed by atoms with Gasteiger partial charge in [-0.15, -0.1) is 0 Å². The van der Waals surface area contributed by atoms with Crippen LogP contribution in [-0.2, 0) is 14.9 Å². The molecule has 5 nitrogen and oxygen atoms in total. The van der Waals surface area contributed by atoms with E-state index in [4.69, 9.17) is 0 Å². The second-order valence-corrected chi connectivity index (χ2v) is 3.62. The fourth-order valence-electron chi connectivity index (χ4n) is 0.513. The number of amides is 1. The van der Waals surface area contributed by atoms with E-state index < -0.39 is 15.9 Å². The number of carbonyl (C=O) groups excluding carboxylic acids is 1. The highest BCUT2D eigenvalue weighted by atomic mass is 32.2. The van der Waals surface area contributed by atoms with E-state index in [9.17, 15) is 17.8 Å². The molecule has 0 aromatic rings. The van der Waals surface area contributed by atoms with E-state index in [0.717, 1.165) is 0 Å². The van der Waals surface area contributed by atoms with Gasteiger partial charge in [-0.05, 0) is 6.42 Å². The zero-order valence-corrected chi connectivity index (χ0v) is 6.98. The molecule has 0 aromatic heterocycles. The van der Waals surface area contributed by atoms with E-state index >= 15 is 0 Å². The lowest BCUT2D eigenvalue weighted by Crippen LogP contribution is -2.22. The second kappa shape index (κ2) is 5.96. The fraction of sp³-hybridized carbons (Fsp3) is 0.833. The Hall–Kier alpha value is -0.620. The van der Waals surface area contributed by atoms with Crippen LogP contribution in [0.1, 0.15) is 20.8 Å². The van der Waals surface area contributed by atoms with Gasteiger partial charge < -0.3 is 9.87 Å². The third kappa shape index (κ3) is 12.1. The maximum absolute atomic E-state index is 10.2. The van der Waals surface area contributed by atoms with Crippen LogP contribution in [0.3, 0.4) is 0 Å². The molecule has 0 aliphatic rings. The lowest BCUT2D eigenvalue weighted by atomic mass is 10.5. The number of hydrogen-bond donors (Lipinski definition) is 1. The van der Waals surface area contributed by atoms with E-state index in [0.29, 0.717) is 0 Å². The first-order valence-corrected chi connectivity index (χ1v) is 4.67. The molecule has 0 atom stereocenters. The van der Waals surface area contributed by atoms with Crippen LogP contribution in [0.15, 0.2) is 0 Å². The molecule has 12 heavy (non-hydrogen) atoms. The van der Waals surface area contributed by atoms with Crippen molar-refractivity contribution in [2.45, 2.75) is 20.8 Å². The monoisotopic (exact) mass is 196 g/mol. The summed E-state index contributed by atoms with van der Waals surface area (Å²) in [5.41, 5.74) is 0.